The van der Waals surface area contributed by atoms with Crippen molar-refractivity contribution in [1.29, 1.82) is 0 Å². The first-order chi connectivity index (χ1) is 8.75. The number of hydrogen-bond acceptors (Lipinski definition) is 0. The maximum absolute atomic E-state index is 2.36. The van der Waals surface area contributed by atoms with Gasteiger partial charge in [-0.1, -0.05) is 74.5 Å². The predicted molar refractivity (Wildman–Crippen MR) is 87.2 cm³/mol. The van der Waals surface area contributed by atoms with Gasteiger partial charge in [-0.15, -0.1) is 0 Å². The predicted octanol–water partition coefficient (Wildman–Crippen LogP) is 3.83. The molecule has 0 nitrogen and oxygen atoms in total. The van der Waals surface area contributed by atoms with E-state index < -0.39 is 0 Å². The summed E-state index contributed by atoms with van der Waals surface area (Å²) >= 11 is 0. The Morgan fingerprint density at radius 1 is 0.632 bits per heavy atom. The van der Waals surface area contributed by atoms with E-state index in [0.29, 0.717) is 11.8 Å². The van der Waals surface area contributed by atoms with Gasteiger partial charge in [-0.3, -0.25) is 0 Å². The van der Waals surface area contributed by atoms with Crippen LogP contribution in [0, 0.1) is 11.8 Å². The molecule has 0 saturated carbocycles. The third kappa shape index (κ3) is 5.47. The van der Waals surface area contributed by atoms with E-state index in [1.807, 2.05) is 0 Å². The maximum atomic E-state index is 2.36. The van der Waals surface area contributed by atoms with E-state index in [4.69, 9.17) is 0 Å². The summed E-state index contributed by atoms with van der Waals surface area (Å²) in [6, 6.07) is 21.6. The topological polar surface area (TPSA) is 0 Å². The molecule has 0 fully saturated rings. The Morgan fingerprint density at radius 2 is 0.947 bits per heavy atom. The van der Waals surface area contributed by atoms with Crippen molar-refractivity contribution in [3.63, 3.8) is 0 Å². The Labute approximate surface area is 137 Å². The van der Waals surface area contributed by atoms with Gasteiger partial charge in [0.2, 0.25) is 0 Å². The molecule has 2 radical (unpaired) electrons. The van der Waals surface area contributed by atoms with Crippen molar-refractivity contribution >= 4 is 27.3 Å². The Balaban J connectivity index is 0.00000180. The van der Waals surface area contributed by atoms with Crippen molar-refractivity contribution in [3.8, 4) is 0 Å². The van der Waals surface area contributed by atoms with E-state index in [1.165, 1.54) is 24.0 Å². The van der Waals surface area contributed by atoms with E-state index in [2.05, 4.69) is 74.5 Å². The molecular formula is C18H24Pb. The molecule has 0 bridgehead atoms. The molecule has 0 heterocycles. The number of benzene rings is 2. The molecule has 19 heavy (non-hydrogen) atoms. The van der Waals surface area contributed by atoms with Crippen LogP contribution in [0.1, 0.15) is 25.0 Å². The Bertz CT molecular complexity index is 404. The molecule has 0 N–H and O–H groups in total. The minimum atomic E-state index is 0. The van der Waals surface area contributed by atoms with Crippen molar-refractivity contribution in [1.82, 2.24) is 0 Å². The van der Waals surface area contributed by atoms with E-state index in [0.717, 1.165) is 0 Å². The molecule has 2 unspecified atom stereocenters. The van der Waals surface area contributed by atoms with Crippen LogP contribution in [0.15, 0.2) is 60.7 Å². The number of hydrogen-bond donors (Lipinski definition) is 0. The van der Waals surface area contributed by atoms with Crippen LogP contribution in [0.4, 0.5) is 0 Å². The zero-order valence-electron chi connectivity index (χ0n) is 12.0. The summed E-state index contributed by atoms with van der Waals surface area (Å²) in [6.07, 6.45) is 2.35. The first kappa shape index (κ1) is 16.4. The van der Waals surface area contributed by atoms with Crippen molar-refractivity contribution in [2.45, 2.75) is 26.7 Å². The molecule has 0 spiro atoms. The first-order valence-corrected chi connectivity index (χ1v) is 6.83. The monoisotopic (exact) mass is 448 g/mol. The quantitative estimate of drug-likeness (QED) is 0.612. The van der Waals surface area contributed by atoms with E-state index in [1.54, 1.807) is 0 Å². The van der Waals surface area contributed by atoms with Gasteiger partial charge in [-0.05, 0) is 35.8 Å². The van der Waals surface area contributed by atoms with Gasteiger partial charge in [-0.25, -0.2) is 0 Å². The van der Waals surface area contributed by atoms with E-state index in [-0.39, 0.29) is 27.3 Å². The van der Waals surface area contributed by atoms with Crippen molar-refractivity contribution < 1.29 is 0 Å². The Morgan fingerprint density at radius 3 is 1.26 bits per heavy atom. The van der Waals surface area contributed by atoms with Crippen LogP contribution in [-0.2, 0) is 12.8 Å². The van der Waals surface area contributed by atoms with Gasteiger partial charge >= 0.3 is 27.3 Å². The number of rotatable bonds is 5. The van der Waals surface area contributed by atoms with Gasteiger partial charge in [0.1, 0.15) is 0 Å². The molecule has 0 saturated heterocycles. The van der Waals surface area contributed by atoms with Gasteiger partial charge in [-0.2, -0.15) is 0 Å². The summed E-state index contributed by atoms with van der Waals surface area (Å²) < 4.78 is 0. The van der Waals surface area contributed by atoms with Crippen LogP contribution in [0.25, 0.3) is 0 Å². The van der Waals surface area contributed by atoms with Gasteiger partial charge in [0.25, 0.3) is 0 Å². The molecule has 2 rings (SSSR count). The molecule has 0 aliphatic carbocycles. The standard InChI is InChI=1S/C18H22.Pb.2H/c1-15(13-17-9-5-3-6-10-17)16(2)14-18-11-7-4-8-12-18;;;/h3-12,15-16H,13-14H2,1-2H3;;;. The normalized spacial score (nSPS) is 13.4. The molecule has 2 atom stereocenters. The molecule has 0 aliphatic heterocycles. The third-order valence-electron chi connectivity index (χ3n) is 3.77. The summed E-state index contributed by atoms with van der Waals surface area (Å²) in [5.74, 6) is 1.43. The van der Waals surface area contributed by atoms with Crippen molar-refractivity contribution in [3.05, 3.63) is 71.8 Å². The van der Waals surface area contributed by atoms with Crippen LogP contribution in [0.2, 0.25) is 0 Å². The fraction of sp³-hybridized carbons (Fsp3) is 0.333. The molecule has 1 heteroatoms. The summed E-state index contributed by atoms with van der Waals surface area (Å²) in [4.78, 5) is 0. The molecular weight excluding hydrogens is 423 g/mol. The van der Waals surface area contributed by atoms with E-state index in [9.17, 15) is 0 Å². The Hall–Kier alpha value is -0.638. The zero-order valence-corrected chi connectivity index (χ0v) is 17.5. The first-order valence-electron chi connectivity index (χ1n) is 6.83. The van der Waals surface area contributed by atoms with Gasteiger partial charge < -0.3 is 0 Å². The van der Waals surface area contributed by atoms with E-state index >= 15 is 0 Å². The average molecular weight is 448 g/mol. The third-order valence-corrected chi connectivity index (χ3v) is 3.77. The SMILES string of the molecule is CC(Cc1ccccc1)C(C)Cc1ccccc1.[PbH2]. The molecule has 2 aromatic rings. The molecule has 0 aromatic heterocycles. The van der Waals surface area contributed by atoms with Crippen molar-refractivity contribution in [2.24, 2.45) is 11.8 Å². The molecule has 100 valence electrons. The second-order valence-electron chi connectivity index (χ2n) is 5.33. The molecule has 0 amide bonds. The summed E-state index contributed by atoms with van der Waals surface area (Å²) in [6.45, 7) is 4.72. The Kier molecular flexibility index (Phi) is 7.36. The van der Waals surface area contributed by atoms with Crippen LogP contribution in [0.3, 0.4) is 0 Å². The second-order valence-corrected chi connectivity index (χ2v) is 5.33. The summed E-state index contributed by atoms with van der Waals surface area (Å²) in [5.41, 5.74) is 2.90. The van der Waals surface area contributed by atoms with Crippen LogP contribution in [0.5, 0.6) is 0 Å². The van der Waals surface area contributed by atoms with Gasteiger partial charge in [0.15, 0.2) is 0 Å². The fourth-order valence-corrected chi connectivity index (χ4v) is 2.37. The van der Waals surface area contributed by atoms with Gasteiger partial charge in [0, 0.05) is 0 Å². The average Bonchev–Trinajstić information content (AvgIpc) is 2.41. The minimum absolute atomic E-state index is 0. The van der Waals surface area contributed by atoms with Crippen LogP contribution < -0.4 is 0 Å². The summed E-state index contributed by atoms with van der Waals surface area (Å²) in [7, 11) is 0. The summed E-state index contributed by atoms with van der Waals surface area (Å²) in [5, 5.41) is 0. The molecule has 2 aromatic carbocycles. The van der Waals surface area contributed by atoms with Crippen LogP contribution in [-0.4, -0.2) is 27.3 Å². The van der Waals surface area contributed by atoms with Crippen molar-refractivity contribution in [2.75, 3.05) is 0 Å². The molecule has 0 aliphatic rings. The second kappa shape index (κ2) is 8.52. The fourth-order valence-electron chi connectivity index (χ4n) is 2.37. The van der Waals surface area contributed by atoms with Gasteiger partial charge in [0.05, 0.1) is 0 Å². The zero-order chi connectivity index (χ0) is 12.8. The van der Waals surface area contributed by atoms with Crippen LogP contribution >= 0.6 is 0 Å².